The van der Waals surface area contributed by atoms with Gasteiger partial charge in [-0.25, -0.2) is 9.59 Å². The number of rotatable bonds is 10. The SMILES string of the molecule is CCCCOCC(=O)N(C)c1c(C(=O)OCC)cccc1C(=O)OCC. The number of hydrogen-bond acceptors (Lipinski definition) is 6. The Morgan fingerprint density at radius 3 is 1.96 bits per heavy atom. The molecule has 0 aliphatic heterocycles. The zero-order valence-corrected chi connectivity index (χ0v) is 15.9. The van der Waals surface area contributed by atoms with Crippen molar-refractivity contribution in [3.63, 3.8) is 0 Å². The second-order valence-electron chi connectivity index (χ2n) is 5.50. The zero-order chi connectivity index (χ0) is 19.5. The fraction of sp³-hybridized carbons (Fsp3) is 0.526. The Morgan fingerprint density at radius 2 is 1.50 bits per heavy atom. The normalized spacial score (nSPS) is 10.3. The number of esters is 2. The van der Waals surface area contributed by atoms with Gasteiger partial charge in [0.15, 0.2) is 0 Å². The number of benzene rings is 1. The van der Waals surface area contributed by atoms with Gasteiger partial charge in [-0.15, -0.1) is 0 Å². The summed E-state index contributed by atoms with van der Waals surface area (Å²) in [6, 6.07) is 4.58. The number of para-hydroxylation sites is 1. The number of ether oxygens (including phenoxy) is 3. The summed E-state index contributed by atoms with van der Waals surface area (Å²) in [5, 5.41) is 0. The van der Waals surface area contributed by atoms with Crippen molar-refractivity contribution in [2.24, 2.45) is 0 Å². The molecule has 144 valence electrons. The molecule has 0 aliphatic rings. The number of anilines is 1. The molecule has 1 aromatic rings. The first-order valence-electron chi connectivity index (χ1n) is 8.79. The van der Waals surface area contributed by atoms with Crippen LogP contribution in [0.3, 0.4) is 0 Å². The fourth-order valence-corrected chi connectivity index (χ4v) is 2.28. The van der Waals surface area contributed by atoms with Crippen LogP contribution < -0.4 is 4.90 Å². The lowest BCUT2D eigenvalue weighted by Gasteiger charge is -2.22. The van der Waals surface area contributed by atoms with Crippen molar-refractivity contribution in [2.75, 3.05) is 38.4 Å². The van der Waals surface area contributed by atoms with Crippen LogP contribution >= 0.6 is 0 Å². The van der Waals surface area contributed by atoms with Crippen LogP contribution in [-0.2, 0) is 19.0 Å². The molecule has 0 spiro atoms. The number of carbonyl (C=O) groups is 3. The van der Waals surface area contributed by atoms with Gasteiger partial charge in [-0.3, -0.25) is 4.79 Å². The van der Waals surface area contributed by atoms with Crippen molar-refractivity contribution in [1.29, 1.82) is 0 Å². The van der Waals surface area contributed by atoms with Gasteiger partial charge in [0.2, 0.25) is 0 Å². The minimum atomic E-state index is -0.611. The van der Waals surface area contributed by atoms with Crippen molar-refractivity contribution in [3.8, 4) is 0 Å². The van der Waals surface area contributed by atoms with Crippen LogP contribution in [-0.4, -0.2) is 51.3 Å². The van der Waals surface area contributed by atoms with Crippen molar-refractivity contribution in [2.45, 2.75) is 33.6 Å². The van der Waals surface area contributed by atoms with Crippen LogP contribution in [0.4, 0.5) is 5.69 Å². The smallest absolute Gasteiger partial charge is 0.340 e. The van der Waals surface area contributed by atoms with E-state index in [-0.39, 0.29) is 42.5 Å². The van der Waals surface area contributed by atoms with Crippen LogP contribution in [0.1, 0.15) is 54.3 Å². The van der Waals surface area contributed by atoms with Gasteiger partial charge in [-0.2, -0.15) is 0 Å². The monoisotopic (exact) mass is 365 g/mol. The molecular formula is C19H27NO6. The van der Waals surface area contributed by atoms with Gasteiger partial charge < -0.3 is 19.1 Å². The van der Waals surface area contributed by atoms with Gasteiger partial charge >= 0.3 is 11.9 Å². The zero-order valence-electron chi connectivity index (χ0n) is 15.9. The van der Waals surface area contributed by atoms with E-state index in [1.807, 2.05) is 6.92 Å². The van der Waals surface area contributed by atoms with Crippen molar-refractivity contribution in [3.05, 3.63) is 29.3 Å². The number of carbonyl (C=O) groups excluding carboxylic acids is 3. The minimum Gasteiger partial charge on any atom is -0.462 e. The van der Waals surface area contributed by atoms with E-state index in [1.54, 1.807) is 19.9 Å². The third kappa shape index (κ3) is 5.84. The summed E-state index contributed by atoms with van der Waals surface area (Å²) in [7, 11) is 1.49. The van der Waals surface area contributed by atoms with Gasteiger partial charge in [0, 0.05) is 13.7 Å². The van der Waals surface area contributed by atoms with Crippen molar-refractivity contribution in [1.82, 2.24) is 0 Å². The molecule has 1 rings (SSSR count). The Kier molecular flexibility index (Phi) is 9.36. The molecule has 0 unspecified atom stereocenters. The summed E-state index contributed by atoms with van der Waals surface area (Å²) in [6.45, 7) is 6.08. The highest BCUT2D eigenvalue weighted by atomic mass is 16.5. The molecule has 0 fully saturated rings. The van der Waals surface area contributed by atoms with E-state index in [0.29, 0.717) is 6.61 Å². The van der Waals surface area contributed by atoms with Gasteiger partial charge in [0.25, 0.3) is 5.91 Å². The van der Waals surface area contributed by atoms with Gasteiger partial charge in [-0.05, 0) is 32.4 Å². The second kappa shape index (κ2) is 11.3. The minimum absolute atomic E-state index is 0.127. The topological polar surface area (TPSA) is 82.1 Å². The summed E-state index contributed by atoms with van der Waals surface area (Å²) in [5.41, 5.74) is 0.414. The van der Waals surface area contributed by atoms with E-state index in [1.165, 1.54) is 24.1 Å². The highest BCUT2D eigenvalue weighted by Gasteiger charge is 2.26. The largest absolute Gasteiger partial charge is 0.462 e. The summed E-state index contributed by atoms with van der Waals surface area (Å²) in [4.78, 5) is 38.3. The van der Waals surface area contributed by atoms with Crippen molar-refractivity contribution >= 4 is 23.5 Å². The standard InChI is InChI=1S/C19H27NO6/c1-5-8-12-24-13-16(21)20(4)17-14(18(22)25-6-2)10-9-11-15(17)19(23)26-7-3/h9-11H,5-8,12-13H2,1-4H3. The molecule has 0 aliphatic carbocycles. The molecule has 26 heavy (non-hydrogen) atoms. The van der Waals surface area contributed by atoms with E-state index in [4.69, 9.17) is 14.2 Å². The number of likely N-dealkylation sites (N-methyl/N-ethyl adjacent to an activating group) is 1. The molecule has 0 radical (unpaired) electrons. The number of unbranched alkanes of at least 4 members (excludes halogenated alkanes) is 1. The maximum absolute atomic E-state index is 12.5. The Bertz CT molecular complexity index is 592. The highest BCUT2D eigenvalue weighted by molar-refractivity contribution is 6.09. The van der Waals surface area contributed by atoms with Crippen LogP contribution in [0.5, 0.6) is 0 Å². The Labute approximate surface area is 154 Å². The predicted molar refractivity (Wildman–Crippen MR) is 97.5 cm³/mol. The molecule has 0 saturated carbocycles. The molecular weight excluding hydrogens is 338 g/mol. The number of hydrogen-bond donors (Lipinski definition) is 0. The first-order valence-corrected chi connectivity index (χ1v) is 8.79. The molecule has 7 nitrogen and oxygen atoms in total. The molecule has 0 saturated heterocycles. The van der Waals surface area contributed by atoms with Crippen LogP contribution in [0.15, 0.2) is 18.2 Å². The van der Waals surface area contributed by atoms with Crippen LogP contribution in [0, 0.1) is 0 Å². The Balaban J connectivity index is 3.19. The molecule has 1 aromatic carbocycles. The van der Waals surface area contributed by atoms with Gasteiger partial charge in [0.1, 0.15) is 6.61 Å². The third-order valence-corrected chi connectivity index (χ3v) is 3.60. The van der Waals surface area contributed by atoms with E-state index in [9.17, 15) is 14.4 Å². The first kappa shape index (κ1) is 21.6. The maximum atomic E-state index is 12.5. The quantitative estimate of drug-likeness (QED) is 0.468. The van der Waals surface area contributed by atoms with E-state index in [0.717, 1.165) is 12.8 Å². The van der Waals surface area contributed by atoms with Gasteiger partial charge in [0.05, 0.1) is 30.0 Å². The van der Waals surface area contributed by atoms with E-state index in [2.05, 4.69) is 0 Å². The molecule has 0 heterocycles. The lowest BCUT2D eigenvalue weighted by Crippen LogP contribution is -2.33. The average Bonchev–Trinajstić information content (AvgIpc) is 2.64. The fourth-order valence-electron chi connectivity index (χ4n) is 2.28. The highest BCUT2D eigenvalue weighted by Crippen LogP contribution is 2.27. The number of nitrogens with zero attached hydrogens (tertiary/aromatic N) is 1. The number of amides is 1. The predicted octanol–water partition coefficient (Wildman–Crippen LogP) is 2.82. The summed E-state index contributed by atoms with van der Waals surface area (Å²) in [5.74, 6) is -1.59. The Morgan fingerprint density at radius 1 is 0.962 bits per heavy atom. The van der Waals surface area contributed by atoms with E-state index >= 15 is 0 Å². The molecule has 0 bridgehead atoms. The molecule has 0 atom stereocenters. The molecule has 0 aromatic heterocycles. The maximum Gasteiger partial charge on any atom is 0.340 e. The molecule has 7 heteroatoms. The molecule has 1 amide bonds. The third-order valence-electron chi connectivity index (χ3n) is 3.60. The lowest BCUT2D eigenvalue weighted by molar-refractivity contribution is -0.122. The van der Waals surface area contributed by atoms with Gasteiger partial charge in [-0.1, -0.05) is 19.4 Å². The summed E-state index contributed by atoms with van der Waals surface area (Å²) in [6.07, 6.45) is 1.81. The summed E-state index contributed by atoms with van der Waals surface area (Å²) < 4.78 is 15.4. The Hall–Kier alpha value is -2.41. The van der Waals surface area contributed by atoms with Crippen LogP contribution in [0.2, 0.25) is 0 Å². The summed E-state index contributed by atoms with van der Waals surface area (Å²) >= 11 is 0. The van der Waals surface area contributed by atoms with E-state index < -0.39 is 11.9 Å². The molecule has 0 N–H and O–H groups in total. The average molecular weight is 365 g/mol. The van der Waals surface area contributed by atoms with Crippen LogP contribution in [0.25, 0.3) is 0 Å². The first-order chi connectivity index (χ1) is 12.5. The second-order valence-corrected chi connectivity index (χ2v) is 5.50. The van der Waals surface area contributed by atoms with Crippen molar-refractivity contribution < 1.29 is 28.6 Å². The lowest BCUT2D eigenvalue weighted by atomic mass is 10.1.